The third kappa shape index (κ3) is 4.69. The summed E-state index contributed by atoms with van der Waals surface area (Å²) in [6.45, 7) is 1.82. The van der Waals surface area contributed by atoms with E-state index in [2.05, 4.69) is 9.47 Å². The molecular weight excluding hydrogens is 253 g/mol. The zero-order chi connectivity index (χ0) is 13.0. The number of carbonyl (C=O) groups excluding carboxylic acids is 2. The Balaban J connectivity index is 4.02. The Morgan fingerprint density at radius 3 is 2.00 bits per heavy atom. The van der Waals surface area contributed by atoms with E-state index < -0.39 is 29.8 Å². The number of hydrogen-bond donors (Lipinski definition) is 0. The second-order valence-corrected chi connectivity index (χ2v) is 3.86. The van der Waals surface area contributed by atoms with Crippen LogP contribution in [0.15, 0.2) is 0 Å². The molecule has 1 atom stereocenters. The number of halogens is 4. The largest absolute Gasteiger partial charge is 0.491 e. The van der Waals surface area contributed by atoms with Gasteiger partial charge in [-0.3, -0.25) is 4.79 Å². The Kier molecular flexibility index (Phi) is 5.05. The first-order valence-corrected chi connectivity index (χ1v) is 4.59. The lowest BCUT2D eigenvalue weighted by molar-refractivity contribution is -0.210. The summed E-state index contributed by atoms with van der Waals surface area (Å²) in [6, 6.07) is 0. The minimum atomic E-state index is -5.11. The number of carbonyl (C=O) groups is 2. The average Bonchev–Trinajstić information content (AvgIpc) is 2.15. The fourth-order valence-corrected chi connectivity index (χ4v) is 0.568. The fraction of sp³-hybridized carbons (Fsp3) is 0.750. The lowest BCUT2D eigenvalue weighted by Gasteiger charge is -2.17. The molecule has 0 saturated heterocycles. The first kappa shape index (κ1) is 15.0. The Hall–Kier alpha value is -0.980. The van der Waals surface area contributed by atoms with Crippen molar-refractivity contribution in [3.8, 4) is 0 Å². The Morgan fingerprint density at radius 2 is 1.62 bits per heavy atom. The molecule has 0 aliphatic carbocycles. The summed E-state index contributed by atoms with van der Waals surface area (Å²) in [5.74, 6) is -3.38. The second kappa shape index (κ2) is 5.38. The quantitative estimate of drug-likeness (QED) is 0.442. The average molecular weight is 263 g/mol. The minimum absolute atomic E-state index is 0.223. The summed E-state index contributed by atoms with van der Waals surface area (Å²) in [5, 5.41) is 0. The molecule has 0 fully saturated rings. The third-order valence-corrected chi connectivity index (χ3v) is 2.12. The topological polar surface area (TPSA) is 52.6 Å². The van der Waals surface area contributed by atoms with Crippen molar-refractivity contribution in [2.45, 2.75) is 31.3 Å². The lowest BCUT2D eigenvalue weighted by Crippen LogP contribution is -2.32. The summed E-state index contributed by atoms with van der Waals surface area (Å²) in [6.07, 6.45) is -4.89. The molecule has 0 aromatic carbocycles. The third-order valence-electron chi connectivity index (χ3n) is 1.70. The van der Waals surface area contributed by atoms with Gasteiger partial charge >= 0.3 is 18.1 Å². The maximum Gasteiger partial charge on any atom is 0.491 e. The molecule has 8 heteroatoms. The summed E-state index contributed by atoms with van der Waals surface area (Å²) in [5.41, 5.74) is 0. The van der Waals surface area contributed by atoms with Gasteiger partial charge in [0.15, 0.2) is 0 Å². The SMILES string of the molecule is CCC(C)(Cl)C(=O)OCOC(=O)C(F)(F)F. The van der Waals surface area contributed by atoms with Crippen LogP contribution in [-0.2, 0) is 19.1 Å². The van der Waals surface area contributed by atoms with Gasteiger partial charge < -0.3 is 9.47 Å². The predicted molar refractivity (Wildman–Crippen MR) is 47.7 cm³/mol. The van der Waals surface area contributed by atoms with Crippen LogP contribution in [0.25, 0.3) is 0 Å². The molecule has 0 rings (SSSR count). The van der Waals surface area contributed by atoms with E-state index in [4.69, 9.17) is 11.6 Å². The van der Waals surface area contributed by atoms with E-state index in [0.717, 1.165) is 0 Å². The van der Waals surface area contributed by atoms with Crippen LogP contribution in [0.2, 0.25) is 0 Å². The van der Waals surface area contributed by atoms with E-state index in [9.17, 15) is 22.8 Å². The summed E-state index contributed by atoms with van der Waals surface area (Å²) >= 11 is 5.64. The zero-order valence-corrected chi connectivity index (χ0v) is 9.31. The molecule has 16 heavy (non-hydrogen) atoms. The van der Waals surface area contributed by atoms with Gasteiger partial charge in [0, 0.05) is 0 Å². The van der Waals surface area contributed by atoms with Crippen molar-refractivity contribution < 1.29 is 32.2 Å². The van der Waals surface area contributed by atoms with Crippen molar-refractivity contribution in [2.75, 3.05) is 6.79 Å². The van der Waals surface area contributed by atoms with Crippen LogP contribution in [0.1, 0.15) is 20.3 Å². The van der Waals surface area contributed by atoms with E-state index >= 15 is 0 Å². The molecule has 0 heterocycles. The molecule has 0 aliphatic heterocycles. The molecule has 0 aromatic heterocycles. The highest BCUT2D eigenvalue weighted by molar-refractivity contribution is 6.33. The van der Waals surface area contributed by atoms with Crippen molar-refractivity contribution in [3.63, 3.8) is 0 Å². The van der Waals surface area contributed by atoms with Crippen LogP contribution in [0.4, 0.5) is 13.2 Å². The number of hydrogen-bond acceptors (Lipinski definition) is 4. The molecule has 0 spiro atoms. The van der Waals surface area contributed by atoms with Gasteiger partial charge in [-0.25, -0.2) is 4.79 Å². The van der Waals surface area contributed by atoms with Crippen molar-refractivity contribution in [1.82, 2.24) is 0 Å². The zero-order valence-electron chi connectivity index (χ0n) is 8.56. The number of ether oxygens (including phenoxy) is 2. The van der Waals surface area contributed by atoms with Crippen molar-refractivity contribution in [1.29, 1.82) is 0 Å². The summed E-state index contributed by atoms with van der Waals surface area (Å²) < 4.78 is 42.8. The summed E-state index contributed by atoms with van der Waals surface area (Å²) in [7, 11) is 0. The predicted octanol–water partition coefficient (Wildman–Crippen LogP) is 2.00. The maximum absolute atomic E-state index is 11.6. The Morgan fingerprint density at radius 1 is 1.19 bits per heavy atom. The second-order valence-electron chi connectivity index (χ2n) is 3.03. The molecule has 0 bridgehead atoms. The molecule has 1 unspecified atom stereocenters. The van der Waals surface area contributed by atoms with Crippen LogP contribution in [0, 0.1) is 0 Å². The van der Waals surface area contributed by atoms with Crippen LogP contribution in [0.5, 0.6) is 0 Å². The highest BCUT2D eigenvalue weighted by Gasteiger charge is 2.41. The van der Waals surface area contributed by atoms with Gasteiger partial charge in [0.25, 0.3) is 0 Å². The monoisotopic (exact) mass is 262 g/mol. The molecule has 0 aliphatic rings. The molecule has 0 aromatic rings. The molecular formula is C8H10ClF3O4. The first-order chi connectivity index (χ1) is 7.11. The molecule has 4 nitrogen and oxygen atoms in total. The van der Waals surface area contributed by atoms with Gasteiger partial charge in [0.2, 0.25) is 6.79 Å². The van der Waals surface area contributed by atoms with E-state index in [1.54, 1.807) is 6.92 Å². The first-order valence-electron chi connectivity index (χ1n) is 4.21. The molecule has 0 radical (unpaired) electrons. The molecule has 94 valence electrons. The van der Waals surface area contributed by atoms with Crippen LogP contribution in [0.3, 0.4) is 0 Å². The number of rotatable bonds is 4. The number of alkyl halides is 4. The van der Waals surface area contributed by atoms with Crippen molar-refractivity contribution in [3.05, 3.63) is 0 Å². The molecule has 0 amide bonds. The van der Waals surface area contributed by atoms with Crippen molar-refractivity contribution in [2.24, 2.45) is 0 Å². The van der Waals surface area contributed by atoms with Gasteiger partial charge in [-0.2, -0.15) is 13.2 Å². The summed E-state index contributed by atoms with van der Waals surface area (Å²) in [4.78, 5) is 20.0. The normalized spacial score (nSPS) is 15.1. The Bertz CT molecular complexity index is 275. The van der Waals surface area contributed by atoms with E-state index in [0.29, 0.717) is 0 Å². The van der Waals surface area contributed by atoms with Crippen LogP contribution < -0.4 is 0 Å². The van der Waals surface area contributed by atoms with Crippen LogP contribution in [-0.4, -0.2) is 29.8 Å². The van der Waals surface area contributed by atoms with E-state index in [1.165, 1.54) is 6.92 Å². The Labute approximate surface area is 94.6 Å². The van der Waals surface area contributed by atoms with Gasteiger partial charge in [-0.1, -0.05) is 6.92 Å². The van der Waals surface area contributed by atoms with Crippen molar-refractivity contribution >= 4 is 23.5 Å². The van der Waals surface area contributed by atoms with Gasteiger partial charge in [0.1, 0.15) is 4.87 Å². The van der Waals surface area contributed by atoms with Gasteiger partial charge in [-0.05, 0) is 13.3 Å². The van der Waals surface area contributed by atoms with Gasteiger partial charge in [0.05, 0.1) is 0 Å². The lowest BCUT2D eigenvalue weighted by atomic mass is 10.1. The molecule has 0 N–H and O–H groups in total. The van der Waals surface area contributed by atoms with E-state index in [1.807, 2.05) is 0 Å². The van der Waals surface area contributed by atoms with Crippen LogP contribution >= 0.6 is 11.6 Å². The number of esters is 2. The fourth-order valence-electron chi connectivity index (χ4n) is 0.513. The van der Waals surface area contributed by atoms with E-state index in [-0.39, 0.29) is 6.42 Å². The maximum atomic E-state index is 11.6. The van der Waals surface area contributed by atoms with Gasteiger partial charge in [-0.15, -0.1) is 11.6 Å². The minimum Gasteiger partial charge on any atom is -0.427 e. The highest BCUT2D eigenvalue weighted by Crippen LogP contribution is 2.21. The molecule has 0 saturated carbocycles. The highest BCUT2D eigenvalue weighted by atomic mass is 35.5. The smallest absolute Gasteiger partial charge is 0.427 e. The standard InChI is InChI=1S/C8H10ClF3O4/c1-3-7(2,9)5(13)15-4-16-6(14)8(10,11)12/h3-4H2,1-2H3.